The second-order valence-corrected chi connectivity index (χ2v) is 6.45. The number of nitrogens with zero attached hydrogens (tertiary/aromatic N) is 1. The fourth-order valence-electron chi connectivity index (χ4n) is 2.33. The van der Waals surface area contributed by atoms with Gasteiger partial charge in [-0.15, -0.1) is 11.3 Å². The van der Waals surface area contributed by atoms with E-state index in [1.54, 1.807) is 24.3 Å². The maximum atomic E-state index is 13.7. The van der Waals surface area contributed by atoms with E-state index in [1.807, 2.05) is 13.1 Å². The highest BCUT2D eigenvalue weighted by atomic mass is 32.1. The Morgan fingerprint density at radius 2 is 2.14 bits per heavy atom. The lowest BCUT2D eigenvalue weighted by molar-refractivity contribution is 0.101. The lowest BCUT2D eigenvalue weighted by Crippen LogP contribution is -2.31. The number of hydrogen-bond acceptors (Lipinski definition) is 3. The average Bonchev–Trinajstić information content (AvgIpc) is 2.93. The van der Waals surface area contributed by atoms with Crippen LogP contribution < -0.4 is 4.90 Å². The van der Waals surface area contributed by atoms with Crippen LogP contribution in [0.4, 0.5) is 10.1 Å². The summed E-state index contributed by atoms with van der Waals surface area (Å²) in [6.07, 6.45) is 0.905. The third-order valence-corrected chi connectivity index (χ3v) is 4.67. The Morgan fingerprint density at radius 1 is 1.43 bits per heavy atom. The van der Waals surface area contributed by atoms with Crippen molar-refractivity contribution in [2.45, 2.75) is 33.2 Å². The van der Waals surface area contributed by atoms with Gasteiger partial charge in [-0.1, -0.05) is 6.07 Å². The van der Waals surface area contributed by atoms with E-state index in [0.717, 1.165) is 12.1 Å². The molecular formula is C17H20FNOS. The van der Waals surface area contributed by atoms with Gasteiger partial charge in [0, 0.05) is 35.6 Å². The van der Waals surface area contributed by atoms with Crippen molar-refractivity contribution in [1.29, 1.82) is 0 Å². The molecule has 21 heavy (non-hydrogen) atoms. The minimum atomic E-state index is -0.330. The quantitative estimate of drug-likeness (QED) is 0.760. The lowest BCUT2D eigenvalue weighted by Gasteiger charge is -2.29. The molecule has 1 unspecified atom stereocenters. The Hall–Kier alpha value is -1.68. The van der Waals surface area contributed by atoms with Gasteiger partial charge in [-0.25, -0.2) is 4.39 Å². The molecular weight excluding hydrogens is 285 g/mol. The number of carbonyl (C=O) groups excluding carboxylic acids is 1. The summed E-state index contributed by atoms with van der Waals surface area (Å²) in [6.45, 7) is 5.31. The number of thiophene rings is 1. The van der Waals surface area contributed by atoms with Crippen molar-refractivity contribution in [3.05, 3.63) is 51.5 Å². The fraction of sp³-hybridized carbons (Fsp3) is 0.353. The van der Waals surface area contributed by atoms with Gasteiger partial charge in [0.1, 0.15) is 5.82 Å². The van der Waals surface area contributed by atoms with Gasteiger partial charge in [0.25, 0.3) is 0 Å². The van der Waals surface area contributed by atoms with E-state index in [9.17, 15) is 9.18 Å². The summed E-state index contributed by atoms with van der Waals surface area (Å²) in [5, 5.41) is 2.06. The van der Waals surface area contributed by atoms with Crippen LogP contribution in [-0.4, -0.2) is 18.9 Å². The molecule has 0 amide bonds. The molecule has 0 radical (unpaired) electrons. The number of likely N-dealkylation sites (N-methyl/N-ethyl adjacent to an activating group) is 1. The van der Waals surface area contributed by atoms with Gasteiger partial charge >= 0.3 is 0 Å². The number of ketones is 1. The number of hydrogen-bond donors (Lipinski definition) is 0. The molecule has 112 valence electrons. The van der Waals surface area contributed by atoms with Crippen LogP contribution >= 0.6 is 11.3 Å². The van der Waals surface area contributed by atoms with Crippen LogP contribution in [0.5, 0.6) is 0 Å². The number of halogens is 1. The third-order valence-electron chi connectivity index (χ3n) is 3.77. The van der Waals surface area contributed by atoms with Crippen LogP contribution in [0.1, 0.15) is 34.6 Å². The minimum absolute atomic E-state index is 0.112. The van der Waals surface area contributed by atoms with Crippen LogP contribution in [0.3, 0.4) is 0 Å². The second kappa shape index (κ2) is 6.39. The second-order valence-electron chi connectivity index (χ2n) is 5.42. The molecule has 1 atom stereocenters. The standard InChI is InChI=1S/C17H20FNOS/c1-11-8-17(15(13(3)20)10-16(11)18)19(4)12(2)9-14-6-5-7-21-14/h5-8,10,12H,9H2,1-4H3. The Kier molecular flexibility index (Phi) is 4.78. The first-order valence-electron chi connectivity index (χ1n) is 6.96. The zero-order chi connectivity index (χ0) is 15.6. The number of Topliss-reactive ketones (excluding diaryl/α,β-unsaturated/α-hetero) is 1. The predicted molar refractivity (Wildman–Crippen MR) is 87.0 cm³/mol. The van der Waals surface area contributed by atoms with Gasteiger partial charge < -0.3 is 4.90 Å². The number of anilines is 1. The molecule has 2 aromatic rings. The first-order chi connectivity index (χ1) is 9.90. The van der Waals surface area contributed by atoms with Crippen LogP contribution in [0.15, 0.2) is 29.6 Å². The normalized spacial score (nSPS) is 12.2. The van der Waals surface area contributed by atoms with Crippen molar-refractivity contribution in [3.63, 3.8) is 0 Å². The number of aryl methyl sites for hydroxylation is 1. The fourth-order valence-corrected chi connectivity index (χ4v) is 3.16. The third kappa shape index (κ3) is 3.50. The molecule has 4 heteroatoms. The summed E-state index contributed by atoms with van der Waals surface area (Å²) in [5.74, 6) is -0.442. The van der Waals surface area contributed by atoms with E-state index in [1.165, 1.54) is 17.9 Å². The van der Waals surface area contributed by atoms with Gasteiger partial charge in [-0.3, -0.25) is 4.79 Å². The summed E-state index contributed by atoms with van der Waals surface area (Å²) in [5.41, 5.74) is 1.80. The molecule has 1 heterocycles. The van der Waals surface area contributed by atoms with Crippen molar-refractivity contribution in [2.24, 2.45) is 0 Å². The van der Waals surface area contributed by atoms with Crippen molar-refractivity contribution in [2.75, 3.05) is 11.9 Å². The smallest absolute Gasteiger partial charge is 0.161 e. The first-order valence-corrected chi connectivity index (χ1v) is 7.84. The van der Waals surface area contributed by atoms with E-state index in [2.05, 4.69) is 23.3 Å². The highest BCUT2D eigenvalue weighted by Crippen LogP contribution is 2.27. The highest BCUT2D eigenvalue weighted by Gasteiger charge is 2.18. The number of carbonyl (C=O) groups is 1. The van der Waals surface area contributed by atoms with Crippen molar-refractivity contribution in [3.8, 4) is 0 Å². The monoisotopic (exact) mass is 305 g/mol. The van der Waals surface area contributed by atoms with Crippen LogP contribution in [-0.2, 0) is 6.42 Å². The first kappa shape index (κ1) is 15.7. The summed E-state index contributed by atoms with van der Waals surface area (Å²) < 4.78 is 13.7. The summed E-state index contributed by atoms with van der Waals surface area (Å²) in [7, 11) is 1.96. The van der Waals surface area contributed by atoms with Gasteiger partial charge in [0.05, 0.1) is 0 Å². The average molecular weight is 305 g/mol. The summed E-state index contributed by atoms with van der Waals surface area (Å²) in [6, 6.07) is 7.48. The van der Waals surface area contributed by atoms with Crippen molar-refractivity contribution >= 4 is 22.8 Å². The van der Waals surface area contributed by atoms with E-state index in [-0.39, 0.29) is 17.6 Å². The summed E-state index contributed by atoms with van der Waals surface area (Å²) in [4.78, 5) is 15.1. The molecule has 0 fully saturated rings. The van der Waals surface area contributed by atoms with Crippen molar-refractivity contribution < 1.29 is 9.18 Å². The van der Waals surface area contributed by atoms with Crippen LogP contribution in [0, 0.1) is 12.7 Å². The van der Waals surface area contributed by atoms with Crippen LogP contribution in [0.25, 0.3) is 0 Å². The molecule has 0 spiro atoms. The molecule has 1 aromatic heterocycles. The molecule has 2 rings (SSSR count). The maximum Gasteiger partial charge on any atom is 0.161 e. The van der Waals surface area contributed by atoms with E-state index in [0.29, 0.717) is 11.1 Å². The Labute approximate surface area is 129 Å². The molecule has 0 saturated heterocycles. The van der Waals surface area contributed by atoms with Gasteiger partial charge in [-0.2, -0.15) is 0 Å². The molecule has 0 saturated carbocycles. The van der Waals surface area contributed by atoms with Crippen molar-refractivity contribution in [1.82, 2.24) is 0 Å². The molecule has 0 N–H and O–H groups in total. The molecule has 0 bridgehead atoms. The largest absolute Gasteiger partial charge is 0.371 e. The van der Waals surface area contributed by atoms with Gasteiger partial charge in [-0.05, 0) is 49.9 Å². The molecule has 0 aliphatic heterocycles. The topological polar surface area (TPSA) is 20.3 Å². The zero-order valence-corrected chi connectivity index (χ0v) is 13.6. The van der Waals surface area contributed by atoms with Crippen LogP contribution in [0.2, 0.25) is 0 Å². The molecule has 0 aliphatic carbocycles. The number of rotatable bonds is 5. The maximum absolute atomic E-state index is 13.7. The van der Waals surface area contributed by atoms with Gasteiger partial charge in [0.2, 0.25) is 0 Å². The van der Waals surface area contributed by atoms with E-state index < -0.39 is 0 Å². The van der Waals surface area contributed by atoms with E-state index >= 15 is 0 Å². The SMILES string of the molecule is CC(=O)c1cc(F)c(C)cc1N(C)C(C)Cc1cccs1. The Morgan fingerprint density at radius 3 is 2.71 bits per heavy atom. The highest BCUT2D eigenvalue weighted by molar-refractivity contribution is 7.09. The molecule has 0 aliphatic rings. The van der Waals surface area contributed by atoms with Gasteiger partial charge in [0.15, 0.2) is 5.78 Å². The number of benzene rings is 1. The Balaban J connectivity index is 2.31. The van der Waals surface area contributed by atoms with E-state index in [4.69, 9.17) is 0 Å². The summed E-state index contributed by atoms with van der Waals surface area (Å²) >= 11 is 1.73. The zero-order valence-electron chi connectivity index (χ0n) is 12.8. The minimum Gasteiger partial charge on any atom is -0.371 e. The Bertz CT molecular complexity index is 636. The molecule has 1 aromatic carbocycles. The lowest BCUT2D eigenvalue weighted by atomic mass is 10.0. The molecule has 2 nitrogen and oxygen atoms in total. The predicted octanol–water partition coefficient (Wildman–Crippen LogP) is 4.47.